The molecule has 2 aromatic rings. The molecule has 23 heavy (non-hydrogen) atoms. The fourth-order valence-electron chi connectivity index (χ4n) is 2.46. The number of imide groups is 1. The average molecular weight is 317 g/mol. The van der Waals surface area contributed by atoms with E-state index in [4.69, 9.17) is 5.11 Å². The van der Waals surface area contributed by atoms with Gasteiger partial charge in [0.15, 0.2) is 11.6 Å². The molecule has 0 aliphatic carbocycles. The first-order valence-corrected chi connectivity index (χ1v) is 6.58. The lowest BCUT2D eigenvalue weighted by Crippen LogP contribution is -2.30. The average Bonchev–Trinajstić information content (AvgIpc) is 2.77. The molecule has 7 heteroatoms. The molecule has 1 heterocycles. The van der Waals surface area contributed by atoms with Crippen LogP contribution in [0.5, 0.6) is 0 Å². The van der Waals surface area contributed by atoms with Gasteiger partial charge in [0.25, 0.3) is 11.8 Å². The van der Waals surface area contributed by atoms with Crippen molar-refractivity contribution in [3.8, 4) is 0 Å². The van der Waals surface area contributed by atoms with E-state index >= 15 is 0 Å². The van der Waals surface area contributed by atoms with Gasteiger partial charge in [0.05, 0.1) is 23.2 Å². The number of benzene rings is 2. The van der Waals surface area contributed by atoms with Gasteiger partial charge in [-0.2, -0.15) is 0 Å². The predicted octanol–water partition coefficient (Wildman–Crippen LogP) is 2.39. The summed E-state index contributed by atoms with van der Waals surface area (Å²) in [6.07, 6.45) is -0.703. The summed E-state index contributed by atoms with van der Waals surface area (Å²) in [5.74, 6) is -5.65. The van der Waals surface area contributed by atoms with Crippen LogP contribution in [-0.2, 0) is 11.2 Å². The highest BCUT2D eigenvalue weighted by Gasteiger charge is 2.38. The molecule has 0 fully saturated rings. The zero-order valence-electron chi connectivity index (χ0n) is 11.5. The molecule has 0 atom stereocenters. The van der Waals surface area contributed by atoms with Crippen molar-refractivity contribution >= 4 is 23.5 Å². The molecule has 2 amide bonds. The van der Waals surface area contributed by atoms with Crippen molar-refractivity contribution in [3.63, 3.8) is 0 Å². The number of hydrogen-bond acceptors (Lipinski definition) is 3. The van der Waals surface area contributed by atoms with Gasteiger partial charge >= 0.3 is 5.97 Å². The van der Waals surface area contributed by atoms with Gasteiger partial charge < -0.3 is 5.11 Å². The third-order valence-corrected chi connectivity index (χ3v) is 3.52. The van der Waals surface area contributed by atoms with E-state index in [1.165, 1.54) is 12.1 Å². The molecular formula is C16H9F2NO4. The molecule has 0 saturated carbocycles. The van der Waals surface area contributed by atoms with E-state index < -0.39 is 41.5 Å². The lowest BCUT2D eigenvalue weighted by molar-refractivity contribution is -0.136. The quantitative estimate of drug-likeness (QED) is 0.882. The van der Waals surface area contributed by atoms with Crippen LogP contribution < -0.4 is 4.90 Å². The number of carboxylic acid groups (broad SMARTS) is 1. The number of fused-ring (bicyclic) bond motifs is 1. The highest BCUT2D eigenvalue weighted by atomic mass is 19.2. The Bertz CT molecular complexity index is 828. The maximum Gasteiger partial charge on any atom is 0.307 e. The molecule has 1 aliphatic heterocycles. The van der Waals surface area contributed by atoms with E-state index in [9.17, 15) is 23.2 Å². The number of amides is 2. The number of halogens is 2. The van der Waals surface area contributed by atoms with E-state index in [2.05, 4.69) is 0 Å². The first-order valence-electron chi connectivity index (χ1n) is 6.58. The summed E-state index contributed by atoms with van der Waals surface area (Å²) in [5.41, 5.74) is -0.697. The Kier molecular flexibility index (Phi) is 3.40. The lowest BCUT2D eigenvalue weighted by Gasteiger charge is -2.16. The van der Waals surface area contributed by atoms with Crippen LogP contribution in [0.4, 0.5) is 14.5 Å². The third-order valence-electron chi connectivity index (χ3n) is 3.52. The Balaban J connectivity index is 2.07. The van der Waals surface area contributed by atoms with Crippen LogP contribution >= 0.6 is 0 Å². The zero-order chi connectivity index (χ0) is 16.7. The summed E-state index contributed by atoms with van der Waals surface area (Å²) in [6.45, 7) is 0. The minimum Gasteiger partial charge on any atom is -0.481 e. The summed E-state index contributed by atoms with van der Waals surface area (Å²) < 4.78 is 28.2. The molecule has 0 unspecified atom stereocenters. The van der Waals surface area contributed by atoms with Crippen molar-refractivity contribution in [1.29, 1.82) is 0 Å². The van der Waals surface area contributed by atoms with Crippen molar-refractivity contribution < 1.29 is 28.3 Å². The zero-order valence-corrected chi connectivity index (χ0v) is 11.5. The standard InChI is InChI=1S/C16H9F2NO4/c17-13-8(7-12(20)21)5-6-11(14(13)18)19-15(22)9-3-1-2-4-10(9)16(19)23/h1-6H,7H2,(H,20,21). The van der Waals surface area contributed by atoms with Crippen LogP contribution in [0.25, 0.3) is 0 Å². The van der Waals surface area contributed by atoms with Gasteiger partial charge in [-0.05, 0) is 18.2 Å². The third kappa shape index (κ3) is 2.26. The monoisotopic (exact) mass is 317 g/mol. The number of aliphatic carboxylic acids is 1. The molecule has 0 bridgehead atoms. The van der Waals surface area contributed by atoms with Crippen LogP contribution in [0, 0.1) is 11.6 Å². The second kappa shape index (κ2) is 5.28. The molecule has 0 spiro atoms. The molecule has 116 valence electrons. The van der Waals surface area contributed by atoms with Gasteiger partial charge in [0.1, 0.15) is 0 Å². The number of carboxylic acids is 1. The summed E-state index contributed by atoms with van der Waals surface area (Å²) in [4.78, 5) is 35.7. The van der Waals surface area contributed by atoms with Crippen LogP contribution in [0.2, 0.25) is 0 Å². The molecule has 0 saturated heterocycles. The Morgan fingerprint density at radius 3 is 2.04 bits per heavy atom. The number of carbonyl (C=O) groups is 3. The second-order valence-corrected chi connectivity index (χ2v) is 4.93. The second-order valence-electron chi connectivity index (χ2n) is 4.93. The Morgan fingerprint density at radius 2 is 1.52 bits per heavy atom. The highest BCUT2D eigenvalue weighted by Crippen LogP contribution is 2.32. The van der Waals surface area contributed by atoms with Crippen LogP contribution in [-0.4, -0.2) is 22.9 Å². The maximum atomic E-state index is 14.2. The fourth-order valence-corrected chi connectivity index (χ4v) is 2.46. The molecule has 3 rings (SSSR count). The maximum absolute atomic E-state index is 14.2. The summed E-state index contributed by atoms with van der Waals surface area (Å²) >= 11 is 0. The van der Waals surface area contributed by atoms with E-state index in [1.54, 1.807) is 12.1 Å². The van der Waals surface area contributed by atoms with Crippen LogP contribution in [0.15, 0.2) is 36.4 Å². The molecular weight excluding hydrogens is 308 g/mol. The summed E-state index contributed by atoms with van der Waals surface area (Å²) in [5, 5.41) is 8.66. The Morgan fingerprint density at radius 1 is 0.957 bits per heavy atom. The number of rotatable bonds is 3. The molecule has 5 nitrogen and oxygen atoms in total. The minimum absolute atomic E-state index is 0.104. The number of nitrogens with zero attached hydrogens (tertiary/aromatic N) is 1. The topological polar surface area (TPSA) is 74.7 Å². The van der Waals surface area contributed by atoms with E-state index in [1.807, 2.05) is 0 Å². The fraction of sp³-hybridized carbons (Fsp3) is 0.0625. The van der Waals surface area contributed by atoms with Gasteiger partial charge in [-0.1, -0.05) is 18.2 Å². The van der Waals surface area contributed by atoms with Gasteiger partial charge in [-0.25, -0.2) is 13.7 Å². The summed E-state index contributed by atoms with van der Waals surface area (Å²) in [7, 11) is 0. The van der Waals surface area contributed by atoms with E-state index in [0.717, 1.165) is 12.1 Å². The molecule has 1 N–H and O–H groups in total. The normalized spacial score (nSPS) is 13.4. The SMILES string of the molecule is O=C(O)Cc1ccc(N2C(=O)c3ccccc3C2=O)c(F)c1F. The van der Waals surface area contributed by atoms with Crippen molar-refractivity contribution in [2.75, 3.05) is 4.90 Å². The lowest BCUT2D eigenvalue weighted by atomic mass is 10.1. The highest BCUT2D eigenvalue weighted by molar-refractivity contribution is 6.34. The van der Waals surface area contributed by atoms with Crippen molar-refractivity contribution in [2.45, 2.75) is 6.42 Å². The summed E-state index contributed by atoms with van der Waals surface area (Å²) in [6, 6.07) is 8.02. The largest absolute Gasteiger partial charge is 0.481 e. The van der Waals surface area contributed by atoms with Gasteiger partial charge in [-0.15, -0.1) is 0 Å². The molecule has 1 aliphatic rings. The van der Waals surface area contributed by atoms with Gasteiger partial charge in [0.2, 0.25) is 0 Å². The molecule has 0 radical (unpaired) electrons. The first kappa shape index (κ1) is 14.8. The Labute approximate surface area is 128 Å². The van der Waals surface area contributed by atoms with Gasteiger partial charge in [0, 0.05) is 5.56 Å². The van der Waals surface area contributed by atoms with E-state index in [-0.39, 0.29) is 16.7 Å². The van der Waals surface area contributed by atoms with Gasteiger partial charge in [-0.3, -0.25) is 14.4 Å². The van der Waals surface area contributed by atoms with Crippen molar-refractivity contribution in [2.24, 2.45) is 0 Å². The number of anilines is 1. The Hall–Kier alpha value is -3.09. The number of hydrogen-bond donors (Lipinski definition) is 1. The molecule has 2 aromatic carbocycles. The number of carbonyl (C=O) groups excluding carboxylic acids is 2. The first-order chi connectivity index (χ1) is 10.9. The smallest absolute Gasteiger partial charge is 0.307 e. The van der Waals surface area contributed by atoms with Crippen LogP contribution in [0.1, 0.15) is 26.3 Å². The minimum atomic E-state index is -1.43. The van der Waals surface area contributed by atoms with Crippen LogP contribution in [0.3, 0.4) is 0 Å². The predicted molar refractivity (Wildman–Crippen MR) is 75.3 cm³/mol. The molecule has 0 aromatic heterocycles. The van der Waals surface area contributed by atoms with E-state index in [0.29, 0.717) is 4.90 Å². The van der Waals surface area contributed by atoms with Crippen molar-refractivity contribution in [3.05, 3.63) is 64.7 Å². The van der Waals surface area contributed by atoms with Crippen molar-refractivity contribution in [1.82, 2.24) is 0 Å².